The van der Waals surface area contributed by atoms with Gasteiger partial charge in [-0.2, -0.15) is 0 Å². The van der Waals surface area contributed by atoms with Crippen LogP contribution in [0.3, 0.4) is 0 Å². The molecule has 10 heteroatoms. The molecule has 0 bridgehead atoms. The minimum Gasteiger partial charge on any atom is -0.502 e. The largest absolute Gasteiger partial charge is 0.502 e. The number of aromatic hydroxyl groups is 1. The van der Waals surface area contributed by atoms with Crippen LogP contribution in [0.4, 0.5) is 0 Å². The van der Waals surface area contributed by atoms with Gasteiger partial charge in [0, 0.05) is 17.1 Å². The number of hydrogen-bond acceptors (Lipinski definition) is 10. The molecule has 6 rings (SSSR count). The Hall–Kier alpha value is -2.69. The molecule has 1 aromatic heterocycles. The van der Waals surface area contributed by atoms with Crippen LogP contribution in [0.5, 0.6) is 28.7 Å². The topological polar surface area (TPSA) is 83.5 Å². The lowest BCUT2D eigenvalue weighted by Crippen LogP contribution is -2.33. The zero-order chi connectivity index (χ0) is 24.1. The summed E-state index contributed by atoms with van der Waals surface area (Å²) in [5.41, 5.74) is 2.88. The molecule has 1 fully saturated rings. The Balaban J connectivity index is 1.52. The fraction of sp³-hybridized carbons (Fsp3) is 0.320. The van der Waals surface area contributed by atoms with Gasteiger partial charge in [0.15, 0.2) is 23.0 Å². The summed E-state index contributed by atoms with van der Waals surface area (Å²) in [6.07, 6.45) is 0. The molecule has 0 amide bonds. The molecule has 1 aliphatic carbocycles. The van der Waals surface area contributed by atoms with Gasteiger partial charge in [-0.1, -0.05) is 16.9 Å². The summed E-state index contributed by atoms with van der Waals surface area (Å²) >= 11 is 1.69. The molecule has 0 saturated carbocycles. The van der Waals surface area contributed by atoms with Crippen molar-refractivity contribution < 1.29 is 33.6 Å². The van der Waals surface area contributed by atoms with Crippen LogP contribution in [-0.2, 0) is 9.53 Å². The Morgan fingerprint density at radius 1 is 1.03 bits per heavy atom. The molecule has 182 valence electrons. The van der Waals surface area contributed by atoms with E-state index < -0.39 is 5.92 Å². The van der Waals surface area contributed by atoms with Crippen LogP contribution in [-0.4, -0.2) is 38.7 Å². The van der Waals surface area contributed by atoms with Gasteiger partial charge in [0.25, 0.3) is 0 Å². The number of carbonyl (C=O) groups is 1. The van der Waals surface area contributed by atoms with Gasteiger partial charge < -0.3 is 28.8 Å². The minimum atomic E-state index is -0.400. The maximum atomic E-state index is 13.2. The zero-order valence-electron chi connectivity index (χ0n) is 18.9. The molecule has 1 N–H and O–H groups in total. The molecule has 0 radical (unpaired) electrons. The summed E-state index contributed by atoms with van der Waals surface area (Å²) in [6, 6.07) is 11.7. The average Bonchev–Trinajstić information content (AvgIpc) is 3.63. The number of phenols is 1. The summed E-state index contributed by atoms with van der Waals surface area (Å²) in [6.45, 7) is 0.517. The van der Waals surface area contributed by atoms with Crippen molar-refractivity contribution in [3.05, 3.63) is 58.5 Å². The summed E-state index contributed by atoms with van der Waals surface area (Å²) in [5.74, 6) is 0.875. The van der Waals surface area contributed by atoms with Crippen molar-refractivity contribution in [1.29, 1.82) is 0 Å². The Morgan fingerprint density at radius 3 is 2.40 bits per heavy atom. The van der Waals surface area contributed by atoms with E-state index in [1.165, 1.54) is 18.4 Å². The van der Waals surface area contributed by atoms with Crippen LogP contribution in [0.2, 0.25) is 0 Å². The fourth-order valence-electron chi connectivity index (χ4n) is 5.14. The molecule has 2 aliphatic heterocycles. The lowest BCUT2D eigenvalue weighted by molar-refractivity contribution is -0.141. The highest BCUT2D eigenvalue weighted by Crippen LogP contribution is 2.61. The van der Waals surface area contributed by atoms with E-state index in [0.717, 1.165) is 16.7 Å². The van der Waals surface area contributed by atoms with Crippen LogP contribution in [0.1, 0.15) is 27.9 Å². The van der Waals surface area contributed by atoms with Crippen LogP contribution in [0.25, 0.3) is 0 Å². The van der Waals surface area contributed by atoms with E-state index in [-0.39, 0.29) is 47.1 Å². The lowest BCUT2D eigenvalue weighted by Gasteiger charge is -2.38. The predicted octanol–water partition coefficient (Wildman–Crippen LogP) is 5.62. The van der Waals surface area contributed by atoms with Gasteiger partial charge in [-0.3, -0.25) is 4.79 Å². The van der Waals surface area contributed by atoms with E-state index in [9.17, 15) is 9.90 Å². The third-order valence-electron chi connectivity index (χ3n) is 6.71. The minimum absolute atomic E-state index is 0.0141. The number of hydrogen-bond donors (Lipinski definition) is 1. The first-order chi connectivity index (χ1) is 17.1. The second kappa shape index (κ2) is 9.07. The normalized spacial score (nSPS) is 24.0. The number of fused-ring (bicyclic) bond motifs is 3. The molecule has 4 atom stereocenters. The molecular formula is C25H22O7S3. The molecule has 0 unspecified atom stereocenters. The average molecular weight is 531 g/mol. The molecular weight excluding hydrogens is 508 g/mol. The Bertz CT molecular complexity index is 1250. The van der Waals surface area contributed by atoms with Gasteiger partial charge in [-0.25, -0.2) is 0 Å². The number of rotatable bonds is 6. The number of ether oxygens (including phenoxy) is 5. The smallest absolute Gasteiger partial charge is 0.310 e. The lowest BCUT2D eigenvalue weighted by atomic mass is 9.67. The van der Waals surface area contributed by atoms with Crippen LogP contribution in [0.15, 0.2) is 46.0 Å². The molecule has 3 heterocycles. The first kappa shape index (κ1) is 22.8. The van der Waals surface area contributed by atoms with Crippen molar-refractivity contribution in [3.8, 4) is 28.7 Å². The van der Waals surface area contributed by atoms with Gasteiger partial charge in [0.2, 0.25) is 12.5 Å². The van der Waals surface area contributed by atoms with E-state index in [0.29, 0.717) is 18.1 Å². The van der Waals surface area contributed by atoms with Gasteiger partial charge in [-0.15, -0.1) is 11.3 Å². The number of carbonyl (C=O) groups excluding carboxylic acids is 1. The fourth-order valence-corrected chi connectivity index (χ4v) is 9.15. The number of thiophene rings is 1. The SMILES string of the molecule is COc1cc([C@@H]2c3cc4c(cc3[C@@H](SSc3cccs3)[C@H]3COC(=O)[C@H]23)OCO4)cc(OC)c1O. The van der Waals surface area contributed by atoms with Crippen molar-refractivity contribution in [2.45, 2.75) is 15.4 Å². The first-order valence-corrected chi connectivity index (χ1v) is 14.1. The molecule has 7 nitrogen and oxygen atoms in total. The van der Waals surface area contributed by atoms with Crippen molar-refractivity contribution in [2.75, 3.05) is 27.6 Å². The maximum absolute atomic E-state index is 13.2. The van der Waals surface area contributed by atoms with Crippen molar-refractivity contribution in [1.82, 2.24) is 0 Å². The highest BCUT2D eigenvalue weighted by molar-refractivity contribution is 8.77. The second-order valence-corrected chi connectivity index (χ2v) is 12.0. The van der Waals surface area contributed by atoms with Crippen molar-refractivity contribution in [2.24, 2.45) is 11.8 Å². The number of cyclic esters (lactones) is 1. The molecule has 3 aliphatic rings. The summed E-state index contributed by atoms with van der Waals surface area (Å²) in [4.78, 5) is 13.2. The zero-order valence-corrected chi connectivity index (χ0v) is 21.3. The number of benzene rings is 2. The highest BCUT2D eigenvalue weighted by atomic mass is 33.1. The Morgan fingerprint density at radius 2 is 1.74 bits per heavy atom. The predicted molar refractivity (Wildman–Crippen MR) is 134 cm³/mol. The molecule has 0 spiro atoms. The standard InChI is InChI=1S/C25H22O7S3/c1-28-18-6-12(7-19(29-2)23(18)26)21-13-8-16-17(32-11-31-16)9-14(13)24(15-10-30-25(27)22(15)21)35-34-20-4-3-5-33-20/h3-9,15,21-22,24,26H,10-11H2,1-2H3/t15-,21+,22-,24+/m0/s1. The van der Waals surface area contributed by atoms with E-state index in [1.54, 1.807) is 45.1 Å². The summed E-state index contributed by atoms with van der Waals surface area (Å²) in [5, 5.41) is 12.6. The molecule has 35 heavy (non-hydrogen) atoms. The molecule has 3 aromatic rings. The van der Waals surface area contributed by atoms with Crippen molar-refractivity contribution >= 4 is 38.9 Å². The van der Waals surface area contributed by atoms with Gasteiger partial charge >= 0.3 is 5.97 Å². The van der Waals surface area contributed by atoms with E-state index in [1.807, 2.05) is 18.2 Å². The van der Waals surface area contributed by atoms with Crippen LogP contribution in [0, 0.1) is 11.8 Å². The molecule has 2 aromatic carbocycles. The third kappa shape index (κ3) is 3.78. The van der Waals surface area contributed by atoms with E-state index in [4.69, 9.17) is 23.7 Å². The Kier molecular flexibility index (Phi) is 5.90. The van der Waals surface area contributed by atoms with Crippen LogP contribution < -0.4 is 18.9 Å². The van der Waals surface area contributed by atoms with Gasteiger partial charge in [0.1, 0.15) is 0 Å². The van der Waals surface area contributed by atoms with Crippen molar-refractivity contribution in [3.63, 3.8) is 0 Å². The third-order valence-corrected chi connectivity index (χ3v) is 10.9. The Labute approximate surface area is 214 Å². The maximum Gasteiger partial charge on any atom is 0.310 e. The van der Waals surface area contributed by atoms with E-state index >= 15 is 0 Å². The first-order valence-electron chi connectivity index (χ1n) is 11.0. The van der Waals surface area contributed by atoms with Gasteiger partial charge in [0.05, 0.1) is 31.0 Å². The second-order valence-electron chi connectivity index (χ2n) is 8.44. The summed E-state index contributed by atoms with van der Waals surface area (Å²) in [7, 11) is 6.45. The summed E-state index contributed by atoms with van der Waals surface area (Å²) < 4.78 is 29.1. The number of methoxy groups -OCH3 is 2. The van der Waals surface area contributed by atoms with Crippen LogP contribution >= 0.6 is 32.9 Å². The highest BCUT2D eigenvalue weighted by Gasteiger charge is 2.53. The number of esters is 1. The van der Waals surface area contributed by atoms with E-state index in [2.05, 4.69) is 11.4 Å². The number of phenolic OH excluding ortho intramolecular Hbond substituents is 1. The van der Waals surface area contributed by atoms with Gasteiger partial charge in [-0.05, 0) is 63.2 Å². The quantitative estimate of drug-likeness (QED) is 0.323. The molecule has 1 saturated heterocycles. The monoisotopic (exact) mass is 530 g/mol.